The molecule has 0 spiro atoms. The second kappa shape index (κ2) is 4.20. The topological polar surface area (TPSA) is 59.1 Å². The summed E-state index contributed by atoms with van der Waals surface area (Å²) in [5, 5.41) is 13.5. The third kappa shape index (κ3) is 2.77. The van der Waals surface area contributed by atoms with E-state index in [1.165, 1.54) is 0 Å². The smallest absolute Gasteiger partial charge is 0.0897 e. The van der Waals surface area contributed by atoms with Crippen molar-refractivity contribution < 1.29 is 5.11 Å². The van der Waals surface area contributed by atoms with Crippen molar-refractivity contribution >= 4 is 11.3 Å². The number of nitrogens with two attached hydrogens (primary N) is 1. The van der Waals surface area contributed by atoms with Crippen LogP contribution in [0.15, 0.2) is 5.38 Å². The number of hydrogen-bond donors (Lipinski definition) is 2. The van der Waals surface area contributed by atoms with Crippen LogP contribution in [-0.2, 0) is 6.42 Å². The highest BCUT2D eigenvalue weighted by atomic mass is 32.1. The Morgan fingerprint density at radius 2 is 2.27 bits per heavy atom. The molecule has 0 amide bonds. The molecule has 1 fully saturated rings. The molecule has 0 aromatic carbocycles. The Bertz CT molecular complexity index is 329. The van der Waals surface area contributed by atoms with Crippen molar-refractivity contribution in [2.24, 2.45) is 5.73 Å². The van der Waals surface area contributed by atoms with E-state index in [0.717, 1.165) is 36.4 Å². The van der Waals surface area contributed by atoms with Gasteiger partial charge < -0.3 is 10.8 Å². The van der Waals surface area contributed by atoms with Crippen molar-refractivity contribution in [3.05, 3.63) is 16.1 Å². The largest absolute Gasteiger partial charge is 0.389 e. The van der Waals surface area contributed by atoms with Crippen LogP contribution < -0.4 is 5.73 Å². The second-order valence-electron chi connectivity index (χ2n) is 4.60. The van der Waals surface area contributed by atoms with Gasteiger partial charge >= 0.3 is 0 Å². The molecule has 1 saturated carbocycles. The average Bonchev–Trinajstić information content (AvgIpc) is 2.57. The van der Waals surface area contributed by atoms with Gasteiger partial charge in [0.2, 0.25) is 0 Å². The number of thiazole rings is 1. The molecule has 1 aromatic heterocycles. The molecule has 1 heterocycles. The Hall–Kier alpha value is -0.450. The van der Waals surface area contributed by atoms with Crippen LogP contribution >= 0.6 is 11.3 Å². The van der Waals surface area contributed by atoms with E-state index in [1.807, 2.05) is 12.3 Å². The first-order chi connectivity index (χ1) is 7.07. The van der Waals surface area contributed by atoms with E-state index in [1.54, 1.807) is 11.3 Å². The zero-order valence-corrected chi connectivity index (χ0v) is 9.89. The quantitative estimate of drug-likeness (QED) is 0.805. The van der Waals surface area contributed by atoms with Gasteiger partial charge in [0, 0.05) is 17.8 Å². The highest BCUT2D eigenvalue weighted by Crippen LogP contribution is 2.30. The highest BCUT2D eigenvalue weighted by molar-refractivity contribution is 7.09. The molecular weight excluding hydrogens is 208 g/mol. The minimum atomic E-state index is -0.559. The van der Waals surface area contributed by atoms with Crippen molar-refractivity contribution in [1.29, 1.82) is 0 Å². The third-order valence-corrected chi connectivity index (χ3v) is 3.96. The van der Waals surface area contributed by atoms with Gasteiger partial charge in [-0.05, 0) is 32.6 Å². The van der Waals surface area contributed by atoms with Gasteiger partial charge in [0.1, 0.15) is 0 Å². The van der Waals surface area contributed by atoms with Crippen molar-refractivity contribution in [2.45, 2.75) is 50.7 Å². The van der Waals surface area contributed by atoms with Gasteiger partial charge in [-0.2, -0.15) is 0 Å². The molecule has 0 bridgehead atoms. The minimum absolute atomic E-state index is 0.280. The number of aromatic nitrogens is 1. The van der Waals surface area contributed by atoms with E-state index in [2.05, 4.69) is 4.98 Å². The van der Waals surface area contributed by atoms with Gasteiger partial charge in [-0.25, -0.2) is 4.98 Å². The zero-order valence-electron chi connectivity index (χ0n) is 9.07. The molecule has 0 unspecified atom stereocenters. The van der Waals surface area contributed by atoms with E-state index >= 15 is 0 Å². The lowest BCUT2D eigenvalue weighted by Crippen LogP contribution is -2.40. The number of nitrogens with zero attached hydrogens (tertiary/aromatic N) is 1. The van der Waals surface area contributed by atoms with Gasteiger partial charge in [-0.3, -0.25) is 0 Å². The maximum absolute atomic E-state index is 10.4. The maximum atomic E-state index is 10.4. The molecule has 0 atom stereocenters. The predicted molar refractivity (Wildman–Crippen MR) is 61.9 cm³/mol. The average molecular weight is 226 g/mol. The first-order valence-electron chi connectivity index (χ1n) is 5.46. The molecule has 3 nitrogen and oxygen atoms in total. The first-order valence-corrected chi connectivity index (χ1v) is 6.34. The van der Waals surface area contributed by atoms with Gasteiger partial charge in [-0.15, -0.1) is 11.3 Å². The van der Waals surface area contributed by atoms with Crippen molar-refractivity contribution in [1.82, 2.24) is 4.98 Å². The van der Waals surface area contributed by atoms with Gasteiger partial charge in [-0.1, -0.05) is 0 Å². The highest BCUT2D eigenvalue weighted by Gasteiger charge is 2.32. The second-order valence-corrected chi connectivity index (χ2v) is 5.66. The first kappa shape index (κ1) is 11.0. The Balaban J connectivity index is 1.99. The lowest BCUT2D eigenvalue weighted by molar-refractivity contribution is -0.000482. The van der Waals surface area contributed by atoms with Crippen LogP contribution in [0.4, 0.5) is 0 Å². The van der Waals surface area contributed by atoms with Crippen molar-refractivity contribution in [3.63, 3.8) is 0 Å². The van der Waals surface area contributed by atoms with Crippen LogP contribution in [0.2, 0.25) is 0 Å². The van der Waals surface area contributed by atoms with Crippen LogP contribution in [0.1, 0.15) is 36.4 Å². The molecule has 1 aromatic rings. The molecule has 1 aliphatic rings. The third-order valence-electron chi connectivity index (χ3n) is 3.14. The summed E-state index contributed by atoms with van der Waals surface area (Å²) in [6.07, 6.45) is 4.17. The fourth-order valence-corrected chi connectivity index (χ4v) is 2.79. The van der Waals surface area contributed by atoms with Crippen molar-refractivity contribution in [3.8, 4) is 0 Å². The molecule has 15 heavy (non-hydrogen) atoms. The number of rotatable bonds is 2. The molecular formula is C11H18N2OS. The fraction of sp³-hybridized carbons (Fsp3) is 0.727. The van der Waals surface area contributed by atoms with E-state index in [0.29, 0.717) is 6.42 Å². The normalized spacial score (nSPS) is 31.8. The van der Waals surface area contributed by atoms with Gasteiger partial charge in [0.25, 0.3) is 0 Å². The predicted octanol–water partition coefficient (Wildman–Crippen LogP) is 1.63. The summed E-state index contributed by atoms with van der Waals surface area (Å²) in [6, 6.07) is 0.280. The molecule has 2 rings (SSSR count). The summed E-state index contributed by atoms with van der Waals surface area (Å²) in [5.41, 5.74) is 6.29. The molecule has 4 heteroatoms. The van der Waals surface area contributed by atoms with Crippen LogP contribution in [0.25, 0.3) is 0 Å². The standard InChI is InChI=1S/C11H18N2OS/c1-8-13-10(7-15-8)6-11(14)4-2-9(12)3-5-11/h7,9,14H,2-6,12H2,1H3. The van der Waals surface area contributed by atoms with Crippen LogP contribution in [0, 0.1) is 6.92 Å². The van der Waals surface area contributed by atoms with E-state index < -0.39 is 5.60 Å². The molecule has 84 valence electrons. The summed E-state index contributed by atoms with van der Waals surface area (Å²) >= 11 is 1.65. The van der Waals surface area contributed by atoms with Crippen LogP contribution in [0.3, 0.4) is 0 Å². The monoisotopic (exact) mass is 226 g/mol. The number of hydrogen-bond acceptors (Lipinski definition) is 4. The van der Waals surface area contributed by atoms with Gasteiger partial charge in [0.15, 0.2) is 0 Å². The Kier molecular flexibility index (Phi) is 3.09. The zero-order chi connectivity index (χ0) is 10.9. The summed E-state index contributed by atoms with van der Waals surface area (Å²) < 4.78 is 0. The Morgan fingerprint density at radius 1 is 1.60 bits per heavy atom. The van der Waals surface area contributed by atoms with Crippen LogP contribution in [0.5, 0.6) is 0 Å². The lowest BCUT2D eigenvalue weighted by atomic mass is 9.80. The van der Waals surface area contributed by atoms with E-state index in [9.17, 15) is 5.11 Å². The summed E-state index contributed by atoms with van der Waals surface area (Å²) in [4.78, 5) is 4.40. The number of aryl methyl sites for hydroxylation is 1. The summed E-state index contributed by atoms with van der Waals surface area (Å²) in [5.74, 6) is 0. The summed E-state index contributed by atoms with van der Waals surface area (Å²) in [7, 11) is 0. The molecule has 1 aliphatic carbocycles. The Labute approximate surface area is 94.3 Å². The molecule has 0 saturated heterocycles. The van der Waals surface area contributed by atoms with E-state index in [-0.39, 0.29) is 6.04 Å². The number of aliphatic hydroxyl groups is 1. The lowest BCUT2D eigenvalue weighted by Gasteiger charge is -2.34. The molecule has 0 radical (unpaired) electrons. The van der Waals surface area contributed by atoms with E-state index in [4.69, 9.17) is 5.73 Å². The molecule has 3 N–H and O–H groups in total. The SMILES string of the molecule is Cc1nc(CC2(O)CCC(N)CC2)cs1. The van der Waals surface area contributed by atoms with Crippen molar-refractivity contribution in [2.75, 3.05) is 0 Å². The maximum Gasteiger partial charge on any atom is 0.0897 e. The molecule has 0 aliphatic heterocycles. The summed E-state index contributed by atoms with van der Waals surface area (Å²) in [6.45, 7) is 2.00. The van der Waals surface area contributed by atoms with Crippen LogP contribution in [-0.4, -0.2) is 21.7 Å². The Morgan fingerprint density at radius 3 is 2.80 bits per heavy atom. The minimum Gasteiger partial charge on any atom is -0.389 e. The van der Waals surface area contributed by atoms with Gasteiger partial charge in [0.05, 0.1) is 16.3 Å². The fourth-order valence-electron chi connectivity index (χ4n) is 2.18.